The third-order valence-corrected chi connectivity index (χ3v) is 3.48. The molecule has 1 aliphatic rings. The van der Waals surface area contributed by atoms with Crippen molar-refractivity contribution in [2.24, 2.45) is 7.05 Å². The van der Waals surface area contributed by atoms with E-state index < -0.39 is 0 Å². The monoisotopic (exact) mass is 215 g/mol. The maximum Gasteiger partial charge on any atom is 0.114 e. The minimum atomic E-state index is 0.575. The highest BCUT2D eigenvalue weighted by Crippen LogP contribution is 2.25. The molecule has 1 aromatic carbocycles. The van der Waals surface area contributed by atoms with Gasteiger partial charge < -0.3 is 9.88 Å². The first kappa shape index (κ1) is 9.85. The molecule has 0 spiro atoms. The van der Waals surface area contributed by atoms with Crippen molar-refractivity contribution in [1.82, 2.24) is 14.9 Å². The number of aryl methyl sites for hydroxylation is 1. The van der Waals surface area contributed by atoms with Gasteiger partial charge in [0.05, 0.1) is 11.0 Å². The van der Waals surface area contributed by atoms with Crippen molar-refractivity contribution >= 4 is 11.0 Å². The van der Waals surface area contributed by atoms with E-state index in [0.717, 1.165) is 18.6 Å². The summed E-state index contributed by atoms with van der Waals surface area (Å²) >= 11 is 0. The lowest BCUT2D eigenvalue weighted by Gasteiger charge is -2.22. The van der Waals surface area contributed by atoms with E-state index in [1.807, 2.05) is 0 Å². The molecule has 1 unspecified atom stereocenters. The van der Waals surface area contributed by atoms with Crippen LogP contribution in [0.4, 0.5) is 0 Å². The summed E-state index contributed by atoms with van der Waals surface area (Å²) < 4.78 is 2.24. The number of hydrogen-bond acceptors (Lipinski definition) is 2. The van der Waals surface area contributed by atoms with E-state index in [1.165, 1.54) is 24.2 Å². The van der Waals surface area contributed by atoms with Gasteiger partial charge in [-0.1, -0.05) is 12.1 Å². The van der Waals surface area contributed by atoms with Crippen molar-refractivity contribution in [1.29, 1.82) is 0 Å². The topological polar surface area (TPSA) is 29.9 Å². The highest BCUT2D eigenvalue weighted by Gasteiger charge is 2.20. The number of piperidine rings is 1. The van der Waals surface area contributed by atoms with Gasteiger partial charge in [0.2, 0.25) is 0 Å². The van der Waals surface area contributed by atoms with Crippen LogP contribution in [-0.2, 0) is 7.05 Å². The summed E-state index contributed by atoms with van der Waals surface area (Å²) in [4.78, 5) is 4.76. The molecule has 84 valence electrons. The molecule has 1 atom stereocenters. The van der Waals surface area contributed by atoms with Gasteiger partial charge in [-0.05, 0) is 31.5 Å². The molecular weight excluding hydrogens is 198 g/mol. The van der Waals surface area contributed by atoms with E-state index in [0.29, 0.717) is 5.92 Å². The van der Waals surface area contributed by atoms with E-state index >= 15 is 0 Å². The van der Waals surface area contributed by atoms with Gasteiger partial charge in [0.1, 0.15) is 5.82 Å². The van der Waals surface area contributed by atoms with Crippen LogP contribution in [-0.4, -0.2) is 22.6 Å². The molecule has 0 radical (unpaired) electrons. The maximum absolute atomic E-state index is 4.76. The third-order valence-electron chi connectivity index (χ3n) is 3.48. The second-order valence-corrected chi connectivity index (χ2v) is 4.56. The molecule has 0 saturated carbocycles. The lowest BCUT2D eigenvalue weighted by atomic mass is 9.99. The van der Waals surface area contributed by atoms with Gasteiger partial charge in [-0.2, -0.15) is 0 Å². The van der Waals surface area contributed by atoms with Crippen LogP contribution >= 0.6 is 0 Å². The third kappa shape index (κ3) is 1.52. The first-order valence-electron chi connectivity index (χ1n) is 5.98. The van der Waals surface area contributed by atoms with Crippen molar-refractivity contribution in [3.05, 3.63) is 30.1 Å². The largest absolute Gasteiger partial charge is 0.331 e. The highest BCUT2D eigenvalue weighted by atomic mass is 15.1. The molecule has 16 heavy (non-hydrogen) atoms. The number of para-hydroxylation sites is 2. The Kier molecular flexibility index (Phi) is 2.40. The van der Waals surface area contributed by atoms with Gasteiger partial charge >= 0.3 is 0 Å². The minimum absolute atomic E-state index is 0.575. The molecular formula is C13H17N3. The van der Waals surface area contributed by atoms with E-state index in [-0.39, 0.29) is 0 Å². The fraction of sp³-hybridized carbons (Fsp3) is 0.462. The summed E-state index contributed by atoms with van der Waals surface area (Å²) in [5.41, 5.74) is 2.36. The van der Waals surface area contributed by atoms with Crippen LogP contribution in [0.1, 0.15) is 24.6 Å². The number of benzene rings is 1. The molecule has 0 amide bonds. The first-order chi connectivity index (χ1) is 7.86. The molecule has 1 aromatic heterocycles. The average molecular weight is 215 g/mol. The van der Waals surface area contributed by atoms with E-state index in [9.17, 15) is 0 Å². The molecule has 2 heterocycles. The summed E-state index contributed by atoms with van der Waals surface area (Å²) in [6, 6.07) is 8.36. The van der Waals surface area contributed by atoms with Crippen LogP contribution in [0.5, 0.6) is 0 Å². The highest BCUT2D eigenvalue weighted by molar-refractivity contribution is 5.75. The van der Waals surface area contributed by atoms with E-state index in [4.69, 9.17) is 4.98 Å². The Labute approximate surface area is 95.5 Å². The summed E-state index contributed by atoms with van der Waals surface area (Å²) in [6.07, 6.45) is 2.51. The first-order valence-corrected chi connectivity index (χ1v) is 5.98. The van der Waals surface area contributed by atoms with Crippen molar-refractivity contribution in [3.63, 3.8) is 0 Å². The van der Waals surface area contributed by atoms with Crippen LogP contribution in [0.25, 0.3) is 11.0 Å². The molecule has 0 bridgehead atoms. The quantitative estimate of drug-likeness (QED) is 0.789. The molecule has 1 aliphatic heterocycles. The average Bonchev–Trinajstić information content (AvgIpc) is 2.69. The summed E-state index contributed by atoms with van der Waals surface area (Å²) in [5, 5.41) is 3.45. The molecule has 0 aliphatic carbocycles. The Morgan fingerprint density at radius 2 is 2.25 bits per heavy atom. The molecule has 1 N–H and O–H groups in total. The zero-order valence-electron chi connectivity index (χ0n) is 9.61. The summed E-state index contributed by atoms with van der Waals surface area (Å²) in [5.74, 6) is 1.81. The van der Waals surface area contributed by atoms with E-state index in [2.05, 4.69) is 41.2 Å². The Balaban J connectivity index is 2.05. The molecule has 1 saturated heterocycles. The van der Waals surface area contributed by atoms with Crippen LogP contribution in [0.3, 0.4) is 0 Å². The number of imidazole rings is 1. The zero-order chi connectivity index (χ0) is 11.0. The van der Waals surface area contributed by atoms with Crippen LogP contribution in [0.2, 0.25) is 0 Å². The zero-order valence-corrected chi connectivity index (χ0v) is 9.61. The van der Waals surface area contributed by atoms with Crippen LogP contribution in [0, 0.1) is 0 Å². The Hall–Kier alpha value is -1.35. The predicted octanol–water partition coefficient (Wildman–Crippen LogP) is 2.04. The van der Waals surface area contributed by atoms with Crippen molar-refractivity contribution in [3.8, 4) is 0 Å². The van der Waals surface area contributed by atoms with Crippen LogP contribution in [0.15, 0.2) is 24.3 Å². The Morgan fingerprint density at radius 3 is 3.00 bits per heavy atom. The van der Waals surface area contributed by atoms with Gasteiger partial charge in [-0.15, -0.1) is 0 Å². The fourth-order valence-corrected chi connectivity index (χ4v) is 2.60. The van der Waals surface area contributed by atoms with Gasteiger partial charge in [-0.3, -0.25) is 0 Å². The van der Waals surface area contributed by atoms with Crippen LogP contribution < -0.4 is 5.32 Å². The molecule has 3 rings (SSSR count). The second-order valence-electron chi connectivity index (χ2n) is 4.56. The number of fused-ring (bicyclic) bond motifs is 1. The number of aromatic nitrogens is 2. The molecule has 1 fully saturated rings. The SMILES string of the molecule is Cn1c(C2CCCNC2)nc2ccccc21. The van der Waals surface area contributed by atoms with Gasteiger partial charge in [0.15, 0.2) is 0 Å². The predicted molar refractivity (Wildman–Crippen MR) is 65.6 cm³/mol. The van der Waals surface area contributed by atoms with Crippen molar-refractivity contribution < 1.29 is 0 Å². The number of hydrogen-bond donors (Lipinski definition) is 1. The molecule has 3 heteroatoms. The Morgan fingerprint density at radius 1 is 1.38 bits per heavy atom. The molecule has 2 aromatic rings. The number of nitrogens with one attached hydrogen (secondary N) is 1. The fourth-order valence-electron chi connectivity index (χ4n) is 2.60. The van der Waals surface area contributed by atoms with Gasteiger partial charge in [-0.25, -0.2) is 4.98 Å². The smallest absolute Gasteiger partial charge is 0.114 e. The second kappa shape index (κ2) is 3.91. The lowest BCUT2D eigenvalue weighted by Crippen LogP contribution is -2.29. The Bertz CT molecular complexity index is 495. The molecule has 3 nitrogen and oxygen atoms in total. The lowest BCUT2D eigenvalue weighted by molar-refractivity contribution is 0.440. The number of rotatable bonds is 1. The number of nitrogens with zero attached hydrogens (tertiary/aromatic N) is 2. The minimum Gasteiger partial charge on any atom is -0.331 e. The van der Waals surface area contributed by atoms with Gasteiger partial charge in [0.25, 0.3) is 0 Å². The van der Waals surface area contributed by atoms with E-state index in [1.54, 1.807) is 0 Å². The van der Waals surface area contributed by atoms with Crippen molar-refractivity contribution in [2.75, 3.05) is 13.1 Å². The summed E-state index contributed by atoms with van der Waals surface area (Å²) in [6.45, 7) is 2.22. The maximum atomic E-state index is 4.76. The standard InChI is InChI=1S/C13H17N3/c1-16-12-7-3-2-6-11(12)15-13(16)10-5-4-8-14-9-10/h2-3,6-7,10,14H,4-5,8-9H2,1H3. The normalized spacial score (nSPS) is 21.4. The van der Waals surface area contributed by atoms with Crippen molar-refractivity contribution in [2.45, 2.75) is 18.8 Å². The summed E-state index contributed by atoms with van der Waals surface area (Å²) in [7, 11) is 2.12. The van der Waals surface area contributed by atoms with Gasteiger partial charge in [0, 0.05) is 19.5 Å².